The summed E-state index contributed by atoms with van der Waals surface area (Å²) in [5.41, 5.74) is 3.09. The second kappa shape index (κ2) is 13.2. The van der Waals surface area contributed by atoms with Crippen LogP contribution in [0, 0.1) is 6.92 Å². The molecule has 1 aliphatic heterocycles. The van der Waals surface area contributed by atoms with Crippen LogP contribution in [-0.4, -0.2) is 79.3 Å². The molecule has 3 aromatic carbocycles. The summed E-state index contributed by atoms with van der Waals surface area (Å²) in [6.45, 7) is 2.79. The molecular formula is C31H36N4O6. The van der Waals surface area contributed by atoms with Crippen LogP contribution < -0.4 is 20.1 Å². The van der Waals surface area contributed by atoms with Crippen molar-refractivity contribution >= 4 is 29.3 Å². The van der Waals surface area contributed by atoms with Crippen molar-refractivity contribution < 1.29 is 29.0 Å². The Morgan fingerprint density at radius 3 is 2.37 bits per heavy atom. The zero-order valence-electron chi connectivity index (χ0n) is 23.7. The van der Waals surface area contributed by atoms with Crippen molar-refractivity contribution in [1.29, 1.82) is 0 Å². The van der Waals surface area contributed by atoms with Gasteiger partial charge in [0.05, 0.1) is 30.8 Å². The number of rotatable bonds is 10. The lowest BCUT2D eigenvalue weighted by atomic mass is 10.1. The monoisotopic (exact) mass is 560 g/mol. The van der Waals surface area contributed by atoms with E-state index >= 15 is 0 Å². The average Bonchev–Trinajstić information content (AvgIpc) is 3.39. The third kappa shape index (κ3) is 7.55. The topological polar surface area (TPSA) is 120 Å². The Kier molecular flexibility index (Phi) is 9.46. The lowest BCUT2D eigenvalue weighted by Crippen LogP contribution is -2.40. The molecule has 1 fully saturated rings. The molecule has 0 aromatic heterocycles. The van der Waals surface area contributed by atoms with Gasteiger partial charge in [0.2, 0.25) is 5.91 Å². The predicted molar refractivity (Wildman–Crippen MR) is 157 cm³/mol. The number of methoxy groups -OCH3 is 1. The smallest absolute Gasteiger partial charge is 0.335 e. The number of carbonyl (C=O) groups excluding carboxylic acids is 2. The van der Waals surface area contributed by atoms with E-state index in [1.54, 1.807) is 30.3 Å². The number of anilines is 2. The summed E-state index contributed by atoms with van der Waals surface area (Å²) in [6, 6.07) is 18.7. The number of likely N-dealkylation sites (tertiary alicyclic amines) is 1. The van der Waals surface area contributed by atoms with E-state index in [1.165, 1.54) is 19.2 Å². The van der Waals surface area contributed by atoms with Gasteiger partial charge in [-0.05, 0) is 81.0 Å². The second-order valence-corrected chi connectivity index (χ2v) is 10.3. The Hall–Kier alpha value is -4.57. The molecule has 41 heavy (non-hydrogen) atoms. The zero-order chi connectivity index (χ0) is 29.5. The van der Waals surface area contributed by atoms with E-state index in [-0.39, 0.29) is 30.0 Å². The fraction of sp³-hybridized carbons (Fsp3) is 0.323. The molecular weight excluding hydrogens is 524 g/mol. The maximum atomic E-state index is 13.5. The third-order valence-electron chi connectivity index (χ3n) is 7.25. The Labute approximate surface area is 239 Å². The van der Waals surface area contributed by atoms with Gasteiger partial charge in [-0.1, -0.05) is 24.3 Å². The number of urea groups is 1. The molecule has 10 nitrogen and oxygen atoms in total. The van der Waals surface area contributed by atoms with Crippen LogP contribution in [0.5, 0.6) is 11.5 Å². The van der Waals surface area contributed by atoms with Crippen LogP contribution in [-0.2, 0) is 11.2 Å². The standard InChI is InChI=1S/C31H36N4O6/c1-20-7-5-6-8-26(20)32-31(39)33-27-14-9-21(15-28(27)40-4)16-29(36)35-18-23(34(2)3)17-24(35)19-41-25-12-10-22(11-13-25)30(37)38/h5-15,23-24H,16-19H2,1-4H3,(H,37,38)(H2,32,33,39)/t23-,24+/m1/s1. The van der Waals surface area contributed by atoms with Crippen molar-refractivity contribution in [2.45, 2.75) is 31.8 Å². The first kappa shape index (κ1) is 29.4. The molecule has 2 atom stereocenters. The van der Waals surface area contributed by atoms with E-state index in [9.17, 15) is 14.4 Å². The van der Waals surface area contributed by atoms with Crippen LogP contribution in [0.15, 0.2) is 66.7 Å². The fourth-order valence-electron chi connectivity index (χ4n) is 4.83. The van der Waals surface area contributed by atoms with E-state index < -0.39 is 12.0 Å². The Bertz CT molecular complexity index is 1390. The fourth-order valence-corrected chi connectivity index (χ4v) is 4.83. The highest BCUT2D eigenvalue weighted by Gasteiger charge is 2.36. The number of para-hydroxylation sites is 1. The van der Waals surface area contributed by atoms with Crippen LogP contribution in [0.25, 0.3) is 0 Å². The number of hydrogen-bond donors (Lipinski definition) is 3. The number of likely N-dealkylation sites (N-methyl/N-ethyl adjacent to an activating group) is 1. The lowest BCUT2D eigenvalue weighted by Gasteiger charge is -2.25. The summed E-state index contributed by atoms with van der Waals surface area (Å²) in [5, 5.41) is 14.8. The summed E-state index contributed by atoms with van der Waals surface area (Å²) in [7, 11) is 5.50. The number of nitrogens with zero attached hydrogens (tertiary/aromatic N) is 2. The second-order valence-electron chi connectivity index (χ2n) is 10.3. The van der Waals surface area contributed by atoms with Crippen molar-refractivity contribution in [2.75, 3.05) is 45.0 Å². The van der Waals surface area contributed by atoms with Gasteiger partial charge in [0.25, 0.3) is 0 Å². The van der Waals surface area contributed by atoms with Crippen LogP contribution in [0.4, 0.5) is 16.2 Å². The number of amides is 3. The molecule has 3 amide bonds. The maximum absolute atomic E-state index is 13.5. The van der Waals surface area contributed by atoms with Crippen molar-refractivity contribution in [3.8, 4) is 11.5 Å². The molecule has 0 spiro atoms. The van der Waals surface area contributed by atoms with Crippen molar-refractivity contribution in [2.24, 2.45) is 0 Å². The molecule has 216 valence electrons. The van der Waals surface area contributed by atoms with Crippen molar-refractivity contribution in [3.63, 3.8) is 0 Å². The van der Waals surface area contributed by atoms with Gasteiger partial charge in [0.1, 0.15) is 18.1 Å². The number of carbonyl (C=O) groups is 3. The molecule has 10 heteroatoms. The van der Waals surface area contributed by atoms with Gasteiger partial charge < -0.3 is 35.0 Å². The summed E-state index contributed by atoms with van der Waals surface area (Å²) in [6.07, 6.45) is 0.921. The number of hydrogen-bond acceptors (Lipinski definition) is 6. The summed E-state index contributed by atoms with van der Waals surface area (Å²) in [4.78, 5) is 41.1. The number of carboxylic acids is 1. The Morgan fingerprint density at radius 1 is 1.00 bits per heavy atom. The number of aryl methyl sites for hydroxylation is 1. The molecule has 3 aromatic rings. The molecule has 4 rings (SSSR count). The number of nitrogens with one attached hydrogen (secondary N) is 2. The molecule has 1 heterocycles. The molecule has 0 radical (unpaired) electrons. The van der Waals surface area contributed by atoms with E-state index in [4.69, 9.17) is 14.6 Å². The average molecular weight is 561 g/mol. The normalized spacial score (nSPS) is 16.4. The molecule has 1 aliphatic rings. The highest BCUT2D eigenvalue weighted by molar-refractivity contribution is 6.01. The maximum Gasteiger partial charge on any atom is 0.335 e. The summed E-state index contributed by atoms with van der Waals surface area (Å²) < 4.78 is 11.5. The predicted octanol–water partition coefficient (Wildman–Crippen LogP) is 4.50. The highest BCUT2D eigenvalue weighted by atomic mass is 16.5. The van der Waals surface area contributed by atoms with Gasteiger partial charge in [-0.25, -0.2) is 9.59 Å². The number of carboxylic acid groups (broad SMARTS) is 1. The molecule has 0 aliphatic carbocycles. The SMILES string of the molecule is COc1cc(CC(=O)N2C[C@H](N(C)C)C[C@H]2COc2ccc(C(=O)O)cc2)ccc1NC(=O)Nc1ccccc1C. The van der Waals surface area contributed by atoms with Crippen LogP contribution in [0.3, 0.4) is 0 Å². The minimum atomic E-state index is -0.996. The van der Waals surface area contributed by atoms with Gasteiger partial charge in [-0.15, -0.1) is 0 Å². The number of benzene rings is 3. The zero-order valence-corrected chi connectivity index (χ0v) is 23.7. The Balaban J connectivity index is 1.41. The van der Waals surface area contributed by atoms with Crippen LogP contribution in [0.1, 0.15) is 27.9 Å². The van der Waals surface area contributed by atoms with E-state index in [0.29, 0.717) is 36.0 Å². The number of aromatic carboxylic acids is 1. The number of ether oxygens (including phenoxy) is 2. The van der Waals surface area contributed by atoms with Crippen LogP contribution in [0.2, 0.25) is 0 Å². The molecule has 3 N–H and O–H groups in total. The van der Waals surface area contributed by atoms with Gasteiger partial charge in [-0.3, -0.25) is 4.79 Å². The summed E-state index contributed by atoms with van der Waals surface area (Å²) in [5.74, 6) is -0.0318. The van der Waals surface area contributed by atoms with Gasteiger partial charge >= 0.3 is 12.0 Å². The van der Waals surface area contributed by atoms with E-state index in [1.807, 2.05) is 50.2 Å². The van der Waals surface area contributed by atoms with E-state index in [2.05, 4.69) is 15.5 Å². The molecule has 0 saturated carbocycles. The molecule has 1 saturated heterocycles. The van der Waals surface area contributed by atoms with Gasteiger partial charge in [0.15, 0.2) is 0 Å². The first-order chi connectivity index (χ1) is 19.6. The van der Waals surface area contributed by atoms with Gasteiger partial charge in [-0.2, -0.15) is 0 Å². The van der Waals surface area contributed by atoms with Gasteiger partial charge in [0, 0.05) is 18.3 Å². The first-order valence-corrected chi connectivity index (χ1v) is 13.4. The molecule has 0 unspecified atom stereocenters. The Morgan fingerprint density at radius 2 is 1.71 bits per heavy atom. The quantitative estimate of drug-likeness (QED) is 0.334. The highest BCUT2D eigenvalue weighted by Crippen LogP contribution is 2.28. The minimum Gasteiger partial charge on any atom is -0.495 e. The van der Waals surface area contributed by atoms with E-state index in [0.717, 1.165) is 17.5 Å². The largest absolute Gasteiger partial charge is 0.495 e. The minimum absolute atomic E-state index is 0.0377. The molecule has 0 bridgehead atoms. The lowest BCUT2D eigenvalue weighted by molar-refractivity contribution is -0.131. The van der Waals surface area contributed by atoms with Crippen LogP contribution >= 0.6 is 0 Å². The first-order valence-electron chi connectivity index (χ1n) is 13.4. The summed E-state index contributed by atoms with van der Waals surface area (Å²) >= 11 is 0. The third-order valence-corrected chi connectivity index (χ3v) is 7.25. The van der Waals surface area contributed by atoms with Crippen molar-refractivity contribution in [1.82, 2.24) is 9.80 Å². The van der Waals surface area contributed by atoms with Crippen molar-refractivity contribution in [3.05, 3.63) is 83.4 Å².